The highest BCUT2D eigenvalue weighted by Gasteiger charge is 2.25. The van der Waals surface area contributed by atoms with E-state index in [-0.39, 0.29) is 5.91 Å². The van der Waals surface area contributed by atoms with E-state index in [0.29, 0.717) is 30.0 Å². The Kier molecular flexibility index (Phi) is 5.38. The van der Waals surface area contributed by atoms with E-state index in [4.69, 9.17) is 0 Å². The molecule has 2 N–H and O–H groups in total. The van der Waals surface area contributed by atoms with Gasteiger partial charge in [0, 0.05) is 23.1 Å². The average molecular weight is 388 g/mol. The maximum Gasteiger partial charge on any atom is 0.488 e. The van der Waals surface area contributed by atoms with Gasteiger partial charge in [-0.05, 0) is 54.1 Å². The Labute approximate surface area is 150 Å². The molecule has 124 valence electrons. The SMILES string of the molecule is O=C(c1cccc(B(O)O)c1)N1CCC(c2ccc(Br)cc2)CC1. The van der Waals surface area contributed by atoms with Crippen molar-refractivity contribution in [1.29, 1.82) is 0 Å². The summed E-state index contributed by atoms with van der Waals surface area (Å²) in [6, 6.07) is 14.9. The molecule has 0 atom stereocenters. The first kappa shape index (κ1) is 17.2. The van der Waals surface area contributed by atoms with Gasteiger partial charge in [-0.25, -0.2) is 0 Å². The van der Waals surface area contributed by atoms with Crippen molar-refractivity contribution >= 4 is 34.4 Å². The second-order valence-electron chi connectivity index (χ2n) is 6.12. The van der Waals surface area contributed by atoms with Crippen LogP contribution in [0, 0.1) is 0 Å². The van der Waals surface area contributed by atoms with Crippen molar-refractivity contribution in [2.75, 3.05) is 13.1 Å². The Morgan fingerprint density at radius 1 is 1.08 bits per heavy atom. The van der Waals surface area contributed by atoms with Crippen molar-refractivity contribution < 1.29 is 14.8 Å². The number of likely N-dealkylation sites (tertiary alicyclic amines) is 1. The predicted molar refractivity (Wildman–Crippen MR) is 98.3 cm³/mol. The summed E-state index contributed by atoms with van der Waals surface area (Å²) in [7, 11) is -1.55. The van der Waals surface area contributed by atoms with E-state index in [1.165, 1.54) is 5.56 Å². The van der Waals surface area contributed by atoms with Crippen molar-refractivity contribution in [1.82, 2.24) is 4.90 Å². The van der Waals surface area contributed by atoms with Crippen molar-refractivity contribution in [3.63, 3.8) is 0 Å². The van der Waals surface area contributed by atoms with Crippen molar-refractivity contribution in [3.8, 4) is 0 Å². The lowest BCUT2D eigenvalue weighted by Gasteiger charge is -2.32. The van der Waals surface area contributed by atoms with Crippen LogP contribution in [0.5, 0.6) is 0 Å². The van der Waals surface area contributed by atoms with Crippen LogP contribution in [0.1, 0.15) is 34.7 Å². The number of nitrogens with zero attached hydrogens (tertiary/aromatic N) is 1. The van der Waals surface area contributed by atoms with Crippen LogP contribution in [0.3, 0.4) is 0 Å². The highest BCUT2D eigenvalue weighted by atomic mass is 79.9. The molecule has 0 aromatic heterocycles. The van der Waals surface area contributed by atoms with Gasteiger partial charge in [0.15, 0.2) is 0 Å². The summed E-state index contributed by atoms with van der Waals surface area (Å²) in [5.41, 5.74) is 2.16. The smallest absolute Gasteiger partial charge is 0.423 e. The van der Waals surface area contributed by atoms with Gasteiger partial charge < -0.3 is 14.9 Å². The molecular weight excluding hydrogens is 369 g/mol. The fourth-order valence-corrected chi connectivity index (χ4v) is 3.43. The van der Waals surface area contributed by atoms with Crippen molar-refractivity contribution in [2.24, 2.45) is 0 Å². The monoisotopic (exact) mass is 387 g/mol. The molecule has 24 heavy (non-hydrogen) atoms. The molecule has 0 unspecified atom stereocenters. The maximum absolute atomic E-state index is 12.6. The Bertz CT molecular complexity index is 712. The Hall–Kier alpha value is -1.63. The molecule has 2 aromatic carbocycles. The highest BCUT2D eigenvalue weighted by molar-refractivity contribution is 9.10. The van der Waals surface area contributed by atoms with Gasteiger partial charge in [-0.2, -0.15) is 0 Å². The maximum atomic E-state index is 12.6. The van der Waals surface area contributed by atoms with Crippen molar-refractivity contribution in [3.05, 3.63) is 64.1 Å². The van der Waals surface area contributed by atoms with Gasteiger partial charge in [-0.15, -0.1) is 0 Å². The normalized spacial score (nSPS) is 15.4. The summed E-state index contributed by atoms with van der Waals surface area (Å²) < 4.78 is 1.07. The summed E-state index contributed by atoms with van der Waals surface area (Å²) in [6.07, 6.45) is 1.88. The summed E-state index contributed by atoms with van der Waals surface area (Å²) in [5.74, 6) is 0.430. The second-order valence-corrected chi connectivity index (χ2v) is 7.03. The Morgan fingerprint density at radius 2 is 1.75 bits per heavy atom. The number of carbonyl (C=O) groups excluding carboxylic acids is 1. The van der Waals surface area contributed by atoms with E-state index in [1.807, 2.05) is 4.90 Å². The first-order chi connectivity index (χ1) is 11.5. The fraction of sp³-hybridized carbons (Fsp3) is 0.278. The number of rotatable bonds is 3. The molecule has 1 saturated heterocycles. The molecule has 0 bridgehead atoms. The van der Waals surface area contributed by atoms with Crippen LogP contribution in [0.25, 0.3) is 0 Å². The summed E-state index contributed by atoms with van der Waals surface area (Å²) in [6.45, 7) is 1.43. The zero-order valence-electron chi connectivity index (χ0n) is 13.2. The highest BCUT2D eigenvalue weighted by Crippen LogP contribution is 2.29. The third-order valence-corrected chi connectivity index (χ3v) is 5.08. The summed E-state index contributed by atoms with van der Waals surface area (Å²) in [4.78, 5) is 14.5. The van der Waals surface area contributed by atoms with Crippen LogP contribution in [-0.4, -0.2) is 41.1 Å². The largest absolute Gasteiger partial charge is 0.488 e. The molecule has 0 saturated carbocycles. The van der Waals surface area contributed by atoms with Crippen LogP contribution in [0.4, 0.5) is 0 Å². The number of hydrogen-bond donors (Lipinski definition) is 2. The van der Waals surface area contributed by atoms with Crippen LogP contribution < -0.4 is 5.46 Å². The van der Waals surface area contributed by atoms with E-state index in [0.717, 1.165) is 17.3 Å². The van der Waals surface area contributed by atoms with E-state index < -0.39 is 7.12 Å². The third-order valence-electron chi connectivity index (χ3n) is 4.56. The molecule has 1 fully saturated rings. The number of halogens is 1. The van der Waals surface area contributed by atoms with E-state index in [2.05, 4.69) is 40.2 Å². The van der Waals surface area contributed by atoms with Gasteiger partial charge in [0.1, 0.15) is 0 Å². The fourth-order valence-electron chi connectivity index (χ4n) is 3.17. The van der Waals surface area contributed by atoms with Crippen LogP contribution in [0.2, 0.25) is 0 Å². The molecule has 4 nitrogen and oxygen atoms in total. The third kappa shape index (κ3) is 3.88. The molecule has 1 aliphatic rings. The van der Waals surface area contributed by atoms with Gasteiger partial charge in [0.25, 0.3) is 5.91 Å². The molecular formula is C18H19BBrNO3. The number of hydrogen-bond acceptors (Lipinski definition) is 3. The Morgan fingerprint density at radius 3 is 2.38 bits per heavy atom. The van der Waals surface area contributed by atoms with Gasteiger partial charge in [0.2, 0.25) is 0 Å². The number of benzene rings is 2. The molecule has 2 aromatic rings. The molecule has 0 spiro atoms. The molecule has 0 radical (unpaired) electrons. The average Bonchev–Trinajstić information content (AvgIpc) is 2.62. The summed E-state index contributed by atoms with van der Waals surface area (Å²) in [5, 5.41) is 18.5. The topological polar surface area (TPSA) is 60.8 Å². The quantitative estimate of drug-likeness (QED) is 0.793. The summed E-state index contributed by atoms with van der Waals surface area (Å²) >= 11 is 3.45. The van der Waals surface area contributed by atoms with Crippen LogP contribution in [0.15, 0.2) is 53.0 Å². The van der Waals surface area contributed by atoms with Gasteiger partial charge in [-0.3, -0.25) is 4.79 Å². The van der Waals surface area contributed by atoms with E-state index in [1.54, 1.807) is 24.3 Å². The van der Waals surface area contributed by atoms with Crippen LogP contribution >= 0.6 is 15.9 Å². The zero-order chi connectivity index (χ0) is 17.1. The first-order valence-corrected chi connectivity index (χ1v) is 8.85. The molecule has 1 heterocycles. The predicted octanol–water partition coefficient (Wildman–Crippen LogP) is 2.15. The van der Waals surface area contributed by atoms with E-state index >= 15 is 0 Å². The Balaban J connectivity index is 1.65. The van der Waals surface area contributed by atoms with Crippen molar-refractivity contribution in [2.45, 2.75) is 18.8 Å². The lowest BCUT2D eigenvalue weighted by molar-refractivity contribution is 0.0713. The zero-order valence-corrected chi connectivity index (χ0v) is 14.8. The van der Waals surface area contributed by atoms with Gasteiger partial charge >= 0.3 is 7.12 Å². The van der Waals surface area contributed by atoms with Gasteiger partial charge in [0.05, 0.1) is 0 Å². The number of amides is 1. The second kappa shape index (κ2) is 7.51. The number of carbonyl (C=O) groups is 1. The molecule has 1 aliphatic heterocycles. The molecule has 3 rings (SSSR count). The molecule has 0 aliphatic carbocycles. The first-order valence-electron chi connectivity index (χ1n) is 8.05. The minimum Gasteiger partial charge on any atom is -0.423 e. The minimum atomic E-state index is -1.55. The van der Waals surface area contributed by atoms with Crippen LogP contribution in [-0.2, 0) is 0 Å². The minimum absolute atomic E-state index is 0.0493. The molecule has 1 amide bonds. The number of piperidine rings is 1. The lowest BCUT2D eigenvalue weighted by Crippen LogP contribution is -2.39. The van der Waals surface area contributed by atoms with Gasteiger partial charge in [-0.1, -0.05) is 40.2 Å². The van der Waals surface area contributed by atoms with E-state index in [9.17, 15) is 14.8 Å². The standard InChI is InChI=1S/C18H19BBrNO3/c20-17-6-4-13(5-7-17)14-8-10-21(11-9-14)18(22)15-2-1-3-16(12-15)19(23)24/h1-7,12,14,23-24H,8-11H2. The lowest BCUT2D eigenvalue weighted by atomic mass is 9.79. The molecule has 6 heteroatoms.